The van der Waals surface area contributed by atoms with E-state index in [1.807, 2.05) is 0 Å². The Morgan fingerprint density at radius 1 is 1.45 bits per heavy atom. The number of aliphatic hydroxyl groups is 1. The van der Waals surface area contributed by atoms with Crippen molar-refractivity contribution < 1.29 is 13.5 Å². The number of nitrogens with zero attached hydrogens (tertiary/aromatic N) is 1. The van der Waals surface area contributed by atoms with Crippen LogP contribution in [-0.4, -0.2) is 30.9 Å². The van der Waals surface area contributed by atoms with Crippen molar-refractivity contribution in [2.75, 3.05) is 13.1 Å². The lowest BCUT2D eigenvalue weighted by molar-refractivity contribution is 0.199. The van der Waals surface area contributed by atoms with Crippen LogP contribution in [0.5, 0.6) is 0 Å². The molecule has 0 bridgehead atoms. The second-order valence-corrected chi connectivity index (χ2v) is 7.49. The Labute approximate surface area is 121 Å². The molecule has 0 aliphatic carbocycles. The summed E-state index contributed by atoms with van der Waals surface area (Å²) in [6.07, 6.45) is 2.47. The summed E-state index contributed by atoms with van der Waals surface area (Å²) in [5, 5.41) is 9.58. The van der Waals surface area contributed by atoms with Gasteiger partial charge < -0.3 is 5.11 Å². The van der Waals surface area contributed by atoms with Crippen molar-refractivity contribution in [1.82, 2.24) is 4.31 Å². The van der Waals surface area contributed by atoms with Crippen molar-refractivity contribution in [3.05, 3.63) is 29.8 Å². The molecule has 0 amide bonds. The van der Waals surface area contributed by atoms with E-state index in [2.05, 4.69) is 6.92 Å². The zero-order chi connectivity index (χ0) is 14.8. The van der Waals surface area contributed by atoms with Gasteiger partial charge in [-0.1, -0.05) is 25.5 Å². The van der Waals surface area contributed by atoms with E-state index in [4.69, 9.17) is 0 Å². The summed E-state index contributed by atoms with van der Waals surface area (Å²) in [4.78, 5) is 0.285. The van der Waals surface area contributed by atoms with Crippen LogP contribution < -0.4 is 0 Å². The maximum Gasteiger partial charge on any atom is 0.243 e. The Kier molecular flexibility index (Phi) is 4.83. The maximum atomic E-state index is 12.6. The van der Waals surface area contributed by atoms with Gasteiger partial charge in [0.2, 0.25) is 10.0 Å². The molecule has 5 heteroatoms. The Bertz CT molecular complexity index is 554. The lowest BCUT2D eigenvalue weighted by atomic mass is 10.0. The van der Waals surface area contributed by atoms with Crippen LogP contribution >= 0.6 is 0 Å². The zero-order valence-electron chi connectivity index (χ0n) is 12.1. The molecule has 1 aliphatic heterocycles. The monoisotopic (exact) mass is 297 g/mol. The van der Waals surface area contributed by atoms with Gasteiger partial charge >= 0.3 is 0 Å². The molecule has 0 aromatic heterocycles. The first-order valence-electron chi connectivity index (χ1n) is 7.23. The third-order valence-electron chi connectivity index (χ3n) is 3.92. The minimum atomic E-state index is -3.42. The van der Waals surface area contributed by atoms with Crippen LogP contribution in [0.25, 0.3) is 0 Å². The van der Waals surface area contributed by atoms with E-state index < -0.39 is 16.1 Å². The summed E-state index contributed by atoms with van der Waals surface area (Å²) in [5.41, 5.74) is 0.635. The lowest BCUT2D eigenvalue weighted by Gasteiger charge is -2.17. The van der Waals surface area contributed by atoms with E-state index in [9.17, 15) is 13.5 Å². The Hall–Kier alpha value is -0.910. The third kappa shape index (κ3) is 3.22. The van der Waals surface area contributed by atoms with Crippen LogP contribution in [-0.2, 0) is 10.0 Å². The standard InChI is InChI=1S/C15H23NO3S/c1-3-5-13-8-9-16(11-13)20(18,19)15-7-4-6-14(10-15)12(2)17/h4,6-7,10,12-13,17H,3,5,8-9,11H2,1-2H3. The van der Waals surface area contributed by atoms with Crippen molar-refractivity contribution in [3.8, 4) is 0 Å². The van der Waals surface area contributed by atoms with Gasteiger partial charge in [0.05, 0.1) is 11.0 Å². The highest BCUT2D eigenvalue weighted by molar-refractivity contribution is 7.89. The molecular weight excluding hydrogens is 274 g/mol. The van der Waals surface area contributed by atoms with Crippen LogP contribution in [0.4, 0.5) is 0 Å². The predicted octanol–water partition coefficient (Wildman–Crippen LogP) is 2.55. The zero-order valence-corrected chi connectivity index (χ0v) is 12.9. The van der Waals surface area contributed by atoms with E-state index in [1.54, 1.807) is 35.5 Å². The molecule has 1 aromatic rings. The van der Waals surface area contributed by atoms with Gasteiger partial charge in [-0.3, -0.25) is 0 Å². The first-order chi connectivity index (χ1) is 9.45. The molecule has 1 heterocycles. The van der Waals surface area contributed by atoms with Gasteiger partial charge in [-0.25, -0.2) is 8.42 Å². The molecule has 2 atom stereocenters. The number of benzene rings is 1. The molecule has 1 saturated heterocycles. The first kappa shape index (κ1) is 15.5. The van der Waals surface area contributed by atoms with Crippen LogP contribution in [0.3, 0.4) is 0 Å². The summed E-state index contributed by atoms with van der Waals surface area (Å²) in [6, 6.07) is 6.61. The molecule has 4 nitrogen and oxygen atoms in total. The van der Waals surface area contributed by atoms with Gasteiger partial charge in [0, 0.05) is 13.1 Å². The topological polar surface area (TPSA) is 57.6 Å². The van der Waals surface area contributed by atoms with Crippen molar-refractivity contribution in [2.24, 2.45) is 5.92 Å². The average Bonchev–Trinajstić information content (AvgIpc) is 2.88. The number of hydrogen-bond donors (Lipinski definition) is 1. The van der Waals surface area contributed by atoms with Gasteiger partial charge in [0.1, 0.15) is 0 Å². The summed E-state index contributed by atoms with van der Waals surface area (Å²) in [5.74, 6) is 0.481. The van der Waals surface area contributed by atoms with Gasteiger partial charge in [0.15, 0.2) is 0 Å². The number of sulfonamides is 1. The summed E-state index contributed by atoms with van der Waals surface area (Å²) >= 11 is 0. The normalized spacial score (nSPS) is 22.1. The van der Waals surface area contributed by atoms with E-state index in [1.165, 1.54) is 0 Å². The largest absolute Gasteiger partial charge is 0.389 e. The highest BCUT2D eigenvalue weighted by Gasteiger charge is 2.32. The quantitative estimate of drug-likeness (QED) is 0.908. The summed E-state index contributed by atoms with van der Waals surface area (Å²) in [7, 11) is -3.42. The van der Waals surface area contributed by atoms with Crippen molar-refractivity contribution >= 4 is 10.0 Å². The molecule has 20 heavy (non-hydrogen) atoms. The summed E-state index contributed by atoms with van der Waals surface area (Å²) in [6.45, 7) is 4.99. The third-order valence-corrected chi connectivity index (χ3v) is 5.78. The van der Waals surface area contributed by atoms with Crippen molar-refractivity contribution in [1.29, 1.82) is 0 Å². The molecule has 0 saturated carbocycles. The predicted molar refractivity (Wildman–Crippen MR) is 78.8 cm³/mol. The fourth-order valence-corrected chi connectivity index (χ4v) is 4.33. The lowest BCUT2D eigenvalue weighted by Crippen LogP contribution is -2.29. The van der Waals surface area contributed by atoms with Gasteiger partial charge in [-0.05, 0) is 43.4 Å². The Morgan fingerprint density at radius 3 is 2.85 bits per heavy atom. The van der Waals surface area contributed by atoms with Crippen LogP contribution in [0, 0.1) is 5.92 Å². The minimum absolute atomic E-state index is 0.285. The molecule has 1 aromatic carbocycles. The first-order valence-corrected chi connectivity index (χ1v) is 8.67. The molecule has 112 valence electrons. The fraction of sp³-hybridized carbons (Fsp3) is 0.600. The van der Waals surface area contributed by atoms with Crippen LogP contribution in [0.15, 0.2) is 29.2 Å². The van der Waals surface area contributed by atoms with E-state index in [0.717, 1.165) is 19.3 Å². The second kappa shape index (κ2) is 6.24. The molecule has 1 aliphatic rings. The molecule has 2 rings (SSSR count). The fourth-order valence-electron chi connectivity index (χ4n) is 2.74. The molecule has 1 N–H and O–H groups in total. The van der Waals surface area contributed by atoms with Crippen molar-refractivity contribution in [3.63, 3.8) is 0 Å². The SMILES string of the molecule is CCCC1CCN(S(=O)(=O)c2cccc(C(C)O)c2)C1. The highest BCUT2D eigenvalue weighted by atomic mass is 32.2. The smallest absolute Gasteiger partial charge is 0.243 e. The molecule has 2 unspecified atom stereocenters. The van der Waals surface area contributed by atoms with Crippen molar-refractivity contribution in [2.45, 2.75) is 44.1 Å². The Balaban J connectivity index is 2.21. The maximum absolute atomic E-state index is 12.6. The van der Waals surface area contributed by atoms with E-state index >= 15 is 0 Å². The number of aliphatic hydroxyl groups excluding tert-OH is 1. The van der Waals surface area contributed by atoms with Crippen LogP contribution in [0.1, 0.15) is 44.8 Å². The van der Waals surface area contributed by atoms with Crippen LogP contribution in [0.2, 0.25) is 0 Å². The van der Waals surface area contributed by atoms with Gasteiger partial charge in [-0.2, -0.15) is 4.31 Å². The Morgan fingerprint density at radius 2 is 2.20 bits per heavy atom. The minimum Gasteiger partial charge on any atom is -0.389 e. The summed E-state index contributed by atoms with van der Waals surface area (Å²) < 4.78 is 26.8. The average molecular weight is 297 g/mol. The van der Waals surface area contributed by atoms with Gasteiger partial charge in [0.25, 0.3) is 0 Å². The van der Waals surface area contributed by atoms with E-state index in [-0.39, 0.29) is 4.90 Å². The molecule has 0 spiro atoms. The van der Waals surface area contributed by atoms with E-state index in [0.29, 0.717) is 24.6 Å². The molecular formula is C15H23NO3S. The molecule has 0 radical (unpaired) electrons. The number of rotatable bonds is 5. The second-order valence-electron chi connectivity index (χ2n) is 5.55. The van der Waals surface area contributed by atoms with Gasteiger partial charge in [-0.15, -0.1) is 0 Å². The highest BCUT2D eigenvalue weighted by Crippen LogP contribution is 2.27. The number of hydrogen-bond acceptors (Lipinski definition) is 3. The molecule has 1 fully saturated rings.